The molecule has 5 aromatic rings. The third-order valence-corrected chi connectivity index (χ3v) is 6.25. The summed E-state index contributed by atoms with van der Waals surface area (Å²) in [5, 5.41) is 24.5. The Hall–Kier alpha value is -3.92. The molecule has 0 aliphatic rings. The van der Waals surface area contributed by atoms with Crippen LogP contribution in [-0.4, -0.2) is 17.2 Å². The lowest BCUT2D eigenvalue weighted by Gasteiger charge is -2.20. The van der Waals surface area contributed by atoms with E-state index in [0.29, 0.717) is 11.0 Å². The molecule has 0 spiro atoms. The Balaban J connectivity index is 1.84. The van der Waals surface area contributed by atoms with Crippen molar-refractivity contribution in [3.05, 3.63) is 115 Å². The molecule has 0 aliphatic heterocycles. The van der Waals surface area contributed by atoms with Crippen LogP contribution in [0.5, 0.6) is 0 Å². The zero-order valence-corrected chi connectivity index (χ0v) is 18.2. The van der Waals surface area contributed by atoms with Gasteiger partial charge in [-0.15, -0.1) is 0 Å². The lowest BCUT2D eigenvalue weighted by atomic mass is 9.70. The minimum absolute atomic E-state index is 0.449. The van der Waals surface area contributed by atoms with Gasteiger partial charge in [0.05, 0.1) is 0 Å². The first-order valence-corrected chi connectivity index (χ1v) is 10.9. The molecule has 158 valence electrons. The molecule has 0 heterocycles. The maximum Gasteiger partial charge on any atom is 0.489 e. The van der Waals surface area contributed by atoms with Gasteiger partial charge in [-0.2, -0.15) is 0 Å². The van der Waals surface area contributed by atoms with Crippen molar-refractivity contribution in [2.24, 2.45) is 0 Å². The summed E-state index contributed by atoms with van der Waals surface area (Å²) in [7, 11) is -1.61. The largest absolute Gasteiger partial charge is 0.489 e. The lowest BCUT2D eigenvalue weighted by Crippen LogP contribution is -2.33. The molecule has 0 bridgehead atoms. The summed E-state index contributed by atoms with van der Waals surface area (Å²) in [6.07, 6.45) is 3.45. The Bertz CT molecular complexity index is 1530. The van der Waals surface area contributed by atoms with Crippen molar-refractivity contribution < 1.29 is 10.0 Å². The lowest BCUT2D eigenvalue weighted by molar-refractivity contribution is 0.426. The van der Waals surface area contributed by atoms with Crippen LogP contribution in [0, 0.1) is 0 Å². The summed E-state index contributed by atoms with van der Waals surface area (Å²) >= 11 is 0. The molecule has 33 heavy (non-hydrogen) atoms. The monoisotopic (exact) mass is 426 g/mol. The van der Waals surface area contributed by atoms with E-state index in [2.05, 4.69) is 79.9 Å². The van der Waals surface area contributed by atoms with Gasteiger partial charge in [0.1, 0.15) is 0 Å². The Morgan fingerprint density at radius 1 is 0.606 bits per heavy atom. The minimum atomic E-state index is -1.61. The van der Waals surface area contributed by atoms with Crippen LogP contribution in [0.15, 0.2) is 104 Å². The van der Waals surface area contributed by atoms with Crippen molar-refractivity contribution in [1.82, 2.24) is 0 Å². The number of fused-ring (bicyclic) bond motifs is 2. The molecule has 0 saturated carbocycles. The molecule has 0 amide bonds. The fraction of sp³-hybridized carbons (Fsp3) is 0. The summed E-state index contributed by atoms with van der Waals surface area (Å²) in [5.74, 6) is 0. The Kier molecular flexibility index (Phi) is 5.43. The Labute approximate surface area is 193 Å². The first-order chi connectivity index (χ1) is 16.1. The first-order valence-electron chi connectivity index (χ1n) is 10.9. The topological polar surface area (TPSA) is 40.5 Å². The van der Waals surface area contributed by atoms with E-state index in [9.17, 15) is 10.0 Å². The molecule has 0 atom stereocenters. The third-order valence-electron chi connectivity index (χ3n) is 6.25. The van der Waals surface area contributed by atoms with Gasteiger partial charge >= 0.3 is 7.12 Å². The van der Waals surface area contributed by atoms with E-state index < -0.39 is 7.12 Å². The van der Waals surface area contributed by atoms with Gasteiger partial charge in [-0.3, -0.25) is 0 Å². The molecule has 0 unspecified atom stereocenters. The summed E-state index contributed by atoms with van der Waals surface area (Å²) in [4.78, 5) is 0. The van der Waals surface area contributed by atoms with E-state index >= 15 is 0 Å². The maximum absolute atomic E-state index is 10.2. The summed E-state index contributed by atoms with van der Waals surface area (Å²) < 4.78 is 0. The van der Waals surface area contributed by atoms with Crippen molar-refractivity contribution in [3.63, 3.8) is 0 Å². The zero-order valence-electron chi connectivity index (χ0n) is 18.2. The van der Waals surface area contributed by atoms with Crippen molar-refractivity contribution in [3.8, 4) is 22.3 Å². The molecule has 0 aromatic heterocycles. The molecule has 2 N–H and O–H groups in total. The molecular weight excluding hydrogens is 403 g/mol. The summed E-state index contributed by atoms with van der Waals surface area (Å²) in [6.45, 7) is 8.00. The van der Waals surface area contributed by atoms with E-state index in [1.54, 1.807) is 12.2 Å². The van der Waals surface area contributed by atoms with E-state index in [-0.39, 0.29) is 0 Å². The normalized spacial score (nSPS) is 11.0. The summed E-state index contributed by atoms with van der Waals surface area (Å²) in [5.41, 5.74) is 6.30. The van der Waals surface area contributed by atoms with Crippen LogP contribution in [0.1, 0.15) is 11.1 Å². The van der Waals surface area contributed by atoms with Crippen molar-refractivity contribution in [1.29, 1.82) is 0 Å². The highest BCUT2D eigenvalue weighted by Crippen LogP contribution is 2.38. The zero-order chi connectivity index (χ0) is 22.9. The second-order valence-electron chi connectivity index (χ2n) is 8.05. The molecule has 0 aliphatic carbocycles. The van der Waals surface area contributed by atoms with Gasteiger partial charge < -0.3 is 10.0 Å². The maximum atomic E-state index is 10.2. The van der Waals surface area contributed by atoms with Crippen LogP contribution in [0.3, 0.4) is 0 Å². The Morgan fingerprint density at radius 3 is 1.94 bits per heavy atom. The summed E-state index contributed by atoms with van der Waals surface area (Å²) in [6, 6.07) is 31.0. The van der Waals surface area contributed by atoms with Gasteiger partial charge in [0.15, 0.2) is 0 Å². The second kappa shape index (κ2) is 8.55. The van der Waals surface area contributed by atoms with Crippen LogP contribution in [0.25, 0.3) is 56.0 Å². The smallest absolute Gasteiger partial charge is 0.423 e. The highest BCUT2D eigenvalue weighted by atomic mass is 16.4. The highest BCUT2D eigenvalue weighted by Gasteiger charge is 2.24. The molecule has 5 rings (SSSR count). The van der Waals surface area contributed by atoms with Crippen LogP contribution < -0.4 is 5.46 Å². The van der Waals surface area contributed by atoms with Crippen LogP contribution in [0.2, 0.25) is 0 Å². The van der Waals surface area contributed by atoms with E-state index in [0.717, 1.165) is 33.0 Å². The molecule has 2 nitrogen and oxygen atoms in total. The number of hydrogen-bond donors (Lipinski definition) is 2. The molecule has 0 saturated heterocycles. The third kappa shape index (κ3) is 3.48. The first kappa shape index (κ1) is 21.0. The van der Waals surface area contributed by atoms with Crippen LogP contribution in [-0.2, 0) is 0 Å². The van der Waals surface area contributed by atoms with Crippen molar-refractivity contribution in [2.75, 3.05) is 0 Å². The number of hydrogen-bond acceptors (Lipinski definition) is 2. The second-order valence-corrected chi connectivity index (χ2v) is 8.05. The van der Waals surface area contributed by atoms with Crippen LogP contribution in [0.4, 0.5) is 0 Å². The van der Waals surface area contributed by atoms with Gasteiger partial charge in [0.25, 0.3) is 0 Å². The predicted octanol–water partition coefficient (Wildman–Crippen LogP) is 6.29. The molecule has 0 fully saturated rings. The van der Waals surface area contributed by atoms with Crippen LogP contribution >= 0.6 is 0 Å². The standard InChI is InChI=1S/C30H23BO2/c1-3-23-24(4-2)30(31(32)33)28-17-8-7-16-27(28)29(23)22-14-9-13-21(19-22)26-18-10-12-20-11-5-6-15-25(20)26/h3-19,32-33H,1-2H2. The quantitative estimate of drug-likeness (QED) is 0.324. The minimum Gasteiger partial charge on any atom is -0.423 e. The SMILES string of the molecule is C=Cc1c(C=C)c(-c2cccc(-c3cccc4ccccc34)c2)c2ccccc2c1B(O)O. The van der Waals surface area contributed by atoms with E-state index in [1.165, 1.54) is 16.3 Å². The number of benzene rings is 5. The fourth-order valence-corrected chi connectivity index (χ4v) is 4.85. The van der Waals surface area contributed by atoms with Crippen molar-refractivity contribution in [2.45, 2.75) is 0 Å². The van der Waals surface area contributed by atoms with Gasteiger partial charge in [-0.1, -0.05) is 110 Å². The molecular formula is C30H23BO2. The molecule has 0 radical (unpaired) electrons. The predicted molar refractivity (Wildman–Crippen MR) is 142 cm³/mol. The molecule has 5 aromatic carbocycles. The average Bonchev–Trinajstić information content (AvgIpc) is 2.86. The van der Waals surface area contributed by atoms with Gasteiger partial charge in [-0.05, 0) is 66.5 Å². The van der Waals surface area contributed by atoms with Gasteiger partial charge in [0, 0.05) is 0 Å². The van der Waals surface area contributed by atoms with Gasteiger partial charge in [0.2, 0.25) is 0 Å². The van der Waals surface area contributed by atoms with Gasteiger partial charge in [-0.25, -0.2) is 0 Å². The number of rotatable bonds is 5. The molecule has 3 heteroatoms. The fourth-order valence-electron chi connectivity index (χ4n) is 4.85. The Morgan fingerprint density at radius 2 is 1.21 bits per heavy atom. The highest BCUT2D eigenvalue weighted by molar-refractivity contribution is 6.63. The van der Waals surface area contributed by atoms with E-state index in [1.807, 2.05) is 24.3 Å². The van der Waals surface area contributed by atoms with Crippen molar-refractivity contribution >= 4 is 46.3 Å². The van der Waals surface area contributed by atoms with E-state index in [4.69, 9.17) is 0 Å². The average molecular weight is 426 g/mol.